The molecule has 0 bridgehead atoms. The number of hydrogen-bond acceptors (Lipinski definition) is 2. The topological polar surface area (TPSA) is 29.5 Å². The van der Waals surface area contributed by atoms with Crippen molar-refractivity contribution in [2.24, 2.45) is 0 Å². The third-order valence-corrected chi connectivity index (χ3v) is 2.09. The van der Waals surface area contributed by atoms with E-state index in [-0.39, 0.29) is 12.3 Å². The van der Waals surface area contributed by atoms with Gasteiger partial charge in [0.2, 0.25) is 0 Å². The van der Waals surface area contributed by atoms with E-state index in [4.69, 9.17) is 4.84 Å². The van der Waals surface area contributed by atoms with Gasteiger partial charge in [-0.05, 0) is 12.1 Å². The lowest BCUT2D eigenvalue weighted by Crippen LogP contribution is -2.25. The van der Waals surface area contributed by atoms with E-state index in [0.717, 1.165) is 6.07 Å². The van der Waals surface area contributed by atoms with Gasteiger partial charge >= 0.3 is 6.18 Å². The molecule has 1 aliphatic rings. The minimum absolute atomic E-state index is 0.00890. The number of carbonyl (C=O) groups is 1. The Balaban J connectivity index is 2.44. The van der Waals surface area contributed by atoms with Gasteiger partial charge in [0.15, 0.2) is 0 Å². The first-order valence-corrected chi connectivity index (χ1v) is 4.46. The van der Waals surface area contributed by atoms with Crippen LogP contribution >= 0.6 is 0 Å². The predicted octanol–water partition coefficient (Wildman–Crippen LogP) is 2.19. The summed E-state index contributed by atoms with van der Waals surface area (Å²) in [5.74, 6) is -0.586. The standard InChI is InChI=1S/C10H7F3NO2/c11-10(12,13)7-3-1-2-4-8(7)14-9(15)5-6-16-14/h1-5H,6H2. The van der Waals surface area contributed by atoms with Crippen LogP contribution in [0.3, 0.4) is 0 Å². The number of rotatable bonds is 1. The number of nitrogens with zero attached hydrogens (tertiary/aromatic N) is 1. The summed E-state index contributed by atoms with van der Waals surface area (Å²) < 4.78 is 37.9. The number of hydrogen-bond donors (Lipinski definition) is 0. The molecule has 0 aliphatic carbocycles. The molecule has 1 fully saturated rings. The molecule has 2 rings (SSSR count). The van der Waals surface area contributed by atoms with Crippen molar-refractivity contribution in [1.29, 1.82) is 0 Å². The third-order valence-electron chi connectivity index (χ3n) is 2.09. The zero-order valence-electron chi connectivity index (χ0n) is 7.99. The van der Waals surface area contributed by atoms with E-state index in [1.165, 1.54) is 24.6 Å². The van der Waals surface area contributed by atoms with E-state index in [2.05, 4.69) is 0 Å². The van der Waals surface area contributed by atoms with Crippen LogP contribution in [0.5, 0.6) is 0 Å². The number of alkyl halides is 3. The molecule has 1 aromatic rings. The largest absolute Gasteiger partial charge is 0.418 e. The Morgan fingerprint density at radius 1 is 1.25 bits per heavy atom. The highest BCUT2D eigenvalue weighted by atomic mass is 19.4. The molecule has 0 unspecified atom stereocenters. The van der Waals surface area contributed by atoms with Crippen LogP contribution in [0.4, 0.5) is 18.9 Å². The van der Waals surface area contributed by atoms with Gasteiger partial charge < -0.3 is 0 Å². The lowest BCUT2D eigenvalue weighted by molar-refractivity contribution is -0.137. The summed E-state index contributed by atoms with van der Waals surface area (Å²) in [5, 5.41) is 0.656. The second-order valence-corrected chi connectivity index (χ2v) is 3.15. The number of anilines is 1. The molecule has 1 amide bonds. The Kier molecular flexibility index (Phi) is 2.59. The van der Waals surface area contributed by atoms with Gasteiger partial charge in [-0.1, -0.05) is 12.1 Å². The van der Waals surface area contributed by atoms with Crippen LogP contribution in [-0.4, -0.2) is 12.5 Å². The highest BCUT2D eigenvalue weighted by molar-refractivity contribution is 6.00. The molecular formula is C10H7F3NO2. The van der Waals surface area contributed by atoms with Crippen LogP contribution in [-0.2, 0) is 15.8 Å². The molecule has 0 atom stereocenters. The Bertz CT molecular complexity index is 417. The summed E-state index contributed by atoms with van der Waals surface area (Å²) >= 11 is 0. The molecule has 85 valence electrons. The van der Waals surface area contributed by atoms with Crippen LogP contribution in [0, 0.1) is 6.42 Å². The first kappa shape index (κ1) is 10.9. The lowest BCUT2D eigenvalue weighted by Gasteiger charge is -2.19. The third kappa shape index (κ3) is 1.88. The summed E-state index contributed by atoms with van der Waals surface area (Å²) in [7, 11) is 0. The minimum atomic E-state index is -4.51. The van der Waals surface area contributed by atoms with Crippen molar-refractivity contribution in [2.45, 2.75) is 6.18 Å². The Labute approximate surface area is 89.4 Å². The monoisotopic (exact) mass is 230 g/mol. The summed E-state index contributed by atoms with van der Waals surface area (Å²) in [5.41, 5.74) is -1.17. The number of hydroxylamine groups is 1. The van der Waals surface area contributed by atoms with Gasteiger partial charge in [-0.15, -0.1) is 0 Å². The number of carbonyl (C=O) groups excluding carboxylic acids is 1. The van der Waals surface area contributed by atoms with Gasteiger partial charge in [0.1, 0.15) is 0 Å². The lowest BCUT2D eigenvalue weighted by atomic mass is 10.1. The highest BCUT2D eigenvalue weighted by Crippen LogP contribution is 2.37. The molecule has 0 saturated carbocycles. The summed E-state index contributed by atoms with van der Waals surface area (Å²) in [4.78, 5) is 16.0. The van der Waals surface area contributed by atoms with Crippen molar-refractivity contribution in [1.82, 2.24) is 0 Å². The highest BCUT2D eigenvalue weighted by Gasteiger charge is 2.37. The zero-order chi connectivity index (χ0) is 11.8. The molecule has 1 radical (unpaired) electrons. The van der Waals surface area contributed by atoms with Crippen molar-refractivity contribution >= 4 is 11.6 Å². The van der Waals surface area contributed by atoms with Gasteiger partial charge in [0.05, 0.1) is 24.3 Å². The van der Waals surface area contributed by atoms with Crippen LogP contribution < -0.4 is 5.06 Å². The zero-order valence-corrected chi connectivity index (χ0v) is 7.99. The van der Waals surface area contributed by atoms with Gasteiger partial charge in [-0.25, -0.2) is 0 Å². The van der Waals surface area contributed by atoms with Crippen molar-refractivity contribution < 1.29 is 22.8 Å². The number of benzene rings is 1. The molecule has 1 aliphatic heterocycles. The molecule has 0 aromatic heterocycles. The summed E-state index contributed by atoms with van der Waals surface area (Å²) in [6.07, 6.45) is -3.34. The average molecular weight is 230 g/mol. The van der Waals surface area contributed by atoms with Crippen molar-refractivity contribution in [2.75, 3.05) is 11.7 Å². The maximum atomic E-state index is 12.6. The Hall–Kier alpha value is -1.56. The van der Waals surface area contributed by atoms with E-state index in [0.29, 0.717) is 5.06 Å². The van der Waals surface area contributed by atoms with E-state index in [1.54, 1.807) is 0 Å². The van der Waals surface area contributed by atoms with Crippen LogP contribution in [0.1, 0.15) is 5.56 Å². The summed E-state index contributed by atoms with van der Waals surface area (Å²) in [6, 6.07) is 4.78. The molecule has 3 nitrogen and oxygen atoms in total. The molecule has 1 saturated heterocycles. The maximum Gasteiger partial charge on any atom is 0.418 e. The molecule has 16 heavy (non-hydrogen) atoms. The number of para-hydroxylation sites is 1. The van der Waals surface area contributed by atoms with Crippen LogP contribution in [0.25, 0.3) is 0 Å². The second kappa shape index (κ2) is 3.79. The smallest absolute Gasteiger partial charge is 0.272 e. The Morgan fingerprint density at radius 3 is 2.50 bits per heavy atom. The van der Waals surface area contributed by atoms with Crippen molar-refractivity contribution in [3.8, 4) is 0 Å². The molecule has 0 N–H and O–H groups in total. The molecular weight excluding hydrogens is 223 g/mol. The van der Waals surface area contributed by atoms with E-state index in [9.17, 15) is 18.0 Å². The quantitative estimate of drug-likeness (QED) is 0.740. The SMILES string of the molecule is O=C1[CH]CON1c1ccccc1C(F)(F)F. The molecule has 6 heteroatoms. The summed E-state index contributed by atoms with van der Waals surface area (Å²) in [6.45, 7) is -0.00890. The fourth-order valence-corrected chi connectivity index (χ4v) is 1.41. The molecule has 1 heterocycles. The fraction of sp³-hybridized carbons (Fsp3) is 0.200. The van der Waals surface area contributed by atoms with Gasteiger partial charge in [-0.2, -0.15) is 18.2 Å². The number of halogens is 3. The van der Waals surface area contributed by atoms with Crippen LogP contribution in [0.2, 0.25) is 0 Å². The fourth-order valence-electron chi connectivity index (χ4n) is 1.41. The predicted molar refractivity (Wildman–Crippen MR) is 49.2 cm³/mol. The Morgan fingerprint density at radius 2 is 1.94 bits per heavy atom. The first-order valence-electron chi connectivity index (χ1n) is 4.46. The van der Waals surface area contributed by atoms with Gasteiger partial charge in [-0.3, -0.25) is 9.63 Å². The minimum Gasteiger partial charge on any atom is -0.272 e. The molecule has 0 spiro atoms. The van der Waals surface area contributed by atoms with Crippen LogP contribution in [0.15, 0.2) is 24.3 Å². The number of amides is 1. The normalized spacial score (nSPS) is 16.9. The first-order chi connectivity index (χ1) is 7.50. The van der Waals surface area contributed by atoms with E-state index in [1.807, 2.05) is 0 Å². The van der Waals surface area contributed by atoms with Gasteiger partial charge in [0.25, 0.3) is 5.91 Å². The second-order valence-electron chi connectivity index (χ2n) is 3.15. The molecule has 1 aromatic carbocycles. The van der Waals surface area contributed by atoms with Crippen molar-refractivity contribution in [3.05, 3.63) is 36.2 Å². The maximum absolute atomic E-state index is 12.6. The van der Waals surface area contributed by atoms with E-state index < -0.39 is 17.6 Å². The van der Waals surface area contributed by atoms with E-state index >= 15 is 0 Å². The average Bonchev–Trinajstić information content (AvgIpc) is 2.63. The van der Waals surface area contributed by atoms with Crippen molar-refractivity contribution in [3.63, 3.8) is 0 Å². The van der Waals surface area contributed by atoms with Gasteiger partial charge in [0, 0.05) is 0 Å².